The highest BCUT2D eigenvalue weighted by Crippen LogP contribution is 1.99. The van der Waals surface area contributed by atoms with E-state index in [1.807, 2.05) is 0 Å². The zero-order chi connectivity index (χ0) is 13.2. The molecule has 0 saturated heterocycles. The van der Waals surface area contributed by atoms with Crippen molar-refractivity contribution < 1.29 is 8.42 Å². The van der Waals surface area contributed by atoms with E-state index in [2.05, 4.69) is 0 Å². The van der Waals surface area contributed by atoms with Crippen LogP contribution in [0.15, 0.2) is 16.9 Å². The highest BCUT2D eigenvalue weighted by atomic mass is 32.2. The van der Waals surface area contributed by atoms with Gasteiger partial charge in [0.05, 0.1) is 11.3 Å². The van der Waals surface area contributed by atoms with E-state index in [0.29, 0.717) is 5.69 Å². The van der Waals surface area contributed by atoms with Crippen molar-refractivity contribution in [3.8, 4) is 0 Å². The molecule has 0 aliphatic rings. The normalized spacial score (nSPS) is 11.4. The number of aromatic nitrogens is 1. The molecule has 0 amide bonds. The van der Waals surface area contributed by atoms with E-state index < -0.39 is 9.84 Å². The predicted molar refractivity (Wildman–Crippen MR) is 71.0 cm³/mol. The van der Waals surface area contributed by atoms with Gasteiger partial charge >= 0.3 is 0 Å². The highest BCUT2D eigenvalue weighted by Gasteiger charge is 2.10. The molecule has 0 saturated carbocycles. The molecule has 1 heterocycles. The van der Waals surface area contributed by atoms with Gasteiger partial charge in [0.15, 0.2) is 0 Å². The van der Waals surface area contributed by atoms with Crippen LogP contribution in [0, 0.1) is 6.92 Å². The van der Waals surface area contributed by atoms with Crippen LogP contribution in [0.1, 0.15) is 11.3 Å². The smallest absolute Gasteiger partial charge is 0.261 e. The predicted octanol–water partition coefficient (Wildman–Crippen LogP) is -0.164. The number of aryl methyl sites for hydroxylation is 1. The van der Waals surface area contributed by atoms with Crippen LogP contribution in [-0.4, -0.2) is 30.0 Å². The molecule has 2 N–H and O–H groups in total. The average molecular weight is 274 g/mol. The number of hydrogen-bond acceptors (Lipinski definition) is 4. The lowest BCUT2D eigenvalue weighted by molar-refractivity contribution is 0.591. The van der Waals surface area contributed by atoms with Gasteiger partial charge in [0.2, 0.25) is 0 Å². The lowest BCUT2D eigenvalue weighted by Gasteiger charge is -2.10. The first kappa shape index (κ1) is 13.9. The van der Waals surface area contributed by atoms with E-state index in [1.54, 1.807) is 19.1 Å². The fourth-order valence-corrected chi connectivity index (χ4v) is 2.06. The molecule has 7 heteroatoms. The third-order valence-corrected chi connectivity index (χ3v) is 3.49. The van der Waals surface area contributed by atoms with Crippen LogP contribution in [0.3, 0.4) is 0 Å². The fraction of sp³-hybridized carbons (Fsp3) is 0.400. The Hall–Kier alpha value is -1.21. The summed E-state index contributed by atoms with van der Waals surface area (Å²) in [7, 11) is -3.11. The number of thiocarbonyl (C=S) groups is 1. The minimum absolute atomic E-state index is 0.0168. The van der Waals surface area contributed by atoms with Gasteiger partial charge in [-0.2, -0.15) is 0 Å². The molecule has 0 radical (unpaired) electrons. The van der Waals surface area contributed by atoms with Crippen molar-refractivity contribution in [2.45, 2.75) is 13.5 Å². The Morgan fingerprint density at radius 1 is 1.47 bits per heavy atom. The maximum absolute atomic E-state index is 11.9. The lowest BCUT2D eigenvalue weighted by Crippen LogP contribution is -2.31. The third-order valence-electron chi connectivity index (χ3n) is 2.34. The fourth-order valence-electron chi connectivity index (χ4n) is 1.39. The molecule has 94 valence electrons. The van der Waals surface area contributed by atoms with Crippen LogP contribution < -0.4 is 11.3 Å². The Bertz CT molecular complexity index is 602. The molecular weight excluding hydrogens is 260 g/mol. The van der Waals surface area contributed by atoms with Gasteiger partial charge in [0.1, 0.15) is 14.8 Å². The highest BCUT2D eigenvalue weighted by molar-refractivity contribution is 7.90. The Labute approximate surface area is 105 Å². The zero-order valence-corrected chi connectivity index (χ0v) is 11.3. The molecule has 5 nitrogen and oxygen atoms in total. The van der Waals surface area contributed by atoms with Gasteiger partial charge in [-0.25, -0.2) is 8.42 Å². The Kier molecular flexibility index (Phi) is 4.05. The number of hydrogen-bond donors (Lipinski definition) is 1. The molecule has 1 aromatic rings. The van der Waals surface area contributed by atoms with Crippen LogP contribution in [0.4, 0.5) is 0 Å². The molecule has 1 aromatic heterocycles. The molecule has 0 unspecified atom stereocenters. The van der Waals surface area contributed by atoms with E-state index in [4.69, 9.17) is 18.0 Å². The zero-order valence-electron chi connectivity index (χ0n) is 9.63. The summed E-state index contributed by atoms with van der Waals surface area (Å²) >= 11 is 4.76. The summed E-state index contributed by atoms with van der Waals surface area (Å²) in [6.45, 7) is 1.84. The molecule has 0 atom stereocenters. The monoisotopic (exact) mass is 274 g/mol. The summed E-state index contributed by atoms with van der Waals surface area (Å²) in [5.41, 5.74) is 5.98. The van der Waals surface area contributed by atoms with Crippen LogP contribution in [0.25, 0.3) is 0 Å². The maximum Gasteiger partial charge on any atom is 0.261 e. The SMILES string of the molecule is Cc1ccc(C(N)=S)c(=O)n1CCS(C)(=O)=O. The van der Waals surface area contributed by atoms with Crippen LogP contribution in [0.2, 0.25) is 0 Å². The van der Waals surface area contributed by atoms with Gasteiger partial charge in [-0.05, 0) is 19.1 Å². The molecular formula is C10H14N2O3S2. The number of rotatable bonds is 4. The van der Waals surface area contributed by atoms with E-state index in [-0.39, 0.29) is 28.4 Å². The van der Waals surface area contributed by atoms with Gasteiger partial charge in [0, 0.05) is 18.5 Å². The Morgan fingerprint density at radius 2 is 2.06 bits per heavy atom. The van der Waals surface area contributed by atoms with Crippen LogP contribution in [-0.2, 0) is 16.4 Å². The van der Waals surface area contributed by atoms with E-state index >= 15 is 0 Å². The third kappa shape index (κ3) is 3.64. The van der Waals surface area contributed by atoms with Gasteiger partial charge in [-0.3, -0.25) is 4.79 Å². The molecule has 0 aliphatic carbocycles. The number of nitrogens with zero attached hydrogens (tertiary/aromatic N) is 1. The van der Waals surface area contributed by atoms with E-state index in [1.165, 1.54) is 4.57 Å². The van der Waals surface area contributed by atoms with Crippen molar-refractivity contribution in [1.29, 1.82) is 0 Å². The topological polar surface area (TPSA) is 82.2 Å². The first-order valence-corrected chi connectivity index (χ1v) is 7.37. The van der Waals surface area contributed by atoms with Crippen molar-refractivity contribution >= 4 is 27.0 Å². The molecule has 0 spiro atoms. The van der Waals surface area contributed by atoms with Crippen molar-refractivity contribution in [3.63, 3.8) is 0 Å². The van der Waals surface area contributed by atoms with Crippen molar-refractivity contribution in [1.82, 2.24) is 4.57 Å². The van der Waals surface area contributed by atoms with Crippen LogP contribution >= 0.6 is 12.2 Å². The number of pyridine rings is 1. The Balaban J connectivity index is 3.19. The van der Waals surface area contributed by atoms with Gasteiger partial charge in [0.25, 0.3) is 5.56 Å². The summed E-state index contributed by atoms with van der Waals surface area (Å²) < 4.78 is 23.5. The van der Waals surface area contributed by atoms with E-state index in [9.17, 15) is 13.2 Å². The van der Waals surface area contributed by atoms with Crippen molar-refractivity contribution in [2.75, 3.05) is 12.0 Å². The minimum atomic E-state index is -3.11. The van der Waals surface area contributed by atoms with Crippen LogP contribution in [0.5, 0.6) is 0 Å². The maximum atomic E-state index is 11.9. The standard InChI is InChI=1S/C10H14N2O3S2/c1-7-3-4-8(9(11)16)10(13)12(7)5-6-17(2,14)15/h3-4H,5-6H2,1-2H3,(H2,11,16). The number of sulfone groups is 1. The second kappa shape index (κ2) is 4.97. The molecule has 0 fully saturated rings. The minimum Gasteiger partial charge on any atom is -0.389 e. The quantitative estimate of drug-likeness (QED) is 0.771. The van der Waals surface area contributed by atoms with Crippen molar-refractivity contribution in [2.24, 2.45) is 5.73 Å². The van der Waals surface area contributed by atoms with Gasteiger partial charge in [-0.15, -0.1) is 0 Å². The second-order valence-corrected chi connectivity index (χ2v) is 6.54. The molecule has 0 aliphatic heterocycles. The van der Waals surface area contributed by atoms with E-state index in [0.717, 1.165) is 6.26 Å². The van der Waals surface area contributed by atoms with Gasteiger partial charge in [-0.1, -0.05) is 12.2 Å². The number of nitrogens with two attached hydrogens (primary N) is 1. The summed E-state index contributed by atoms with van der Waals surface area (Å²) in [4.78, 5) is 12.0. The molecule has 1 rings (SSSR count). The lowest BCUT2D eigenvalue weighted by atomic mass is 10.2. The summed E-state index contributed by atoms with van der Waals surface area (Å²) in [5, 5.41) is 0. The first-order chi connectivity index (χ1) is 7.72. The summed E-state index contributed by atoms with van der Waals surface area (Å²) in [6.07, 6.45) is 1.13. The molecule has 0 bridgehead atoms. The largest absolute Gasteiger partial charge is 0.389 e. The average Bonchev–Trinajstić information content (AvgIpc) is 2.14. The first-order valence-electron chi connectivity index (χ1n) is 4.90. The molecule has 0 aromatic carbocycles. The molecule has 17 heavy (non-hydrogen) atoms. The van der Waals surface area contributed by atoms with Crippen molar-refractivity contribution in [3.05, 3.63) is 33.7 Å². The second-order valence-electron chi connectivity index (χ2n) is 3.84. The van der Waals surface area contributed by atoms with Gasteiger partial charge < -0.3 is 10.3 Å². The summed E-state index contributed by atoms with van der Waals surface area (Å²) in [5.74, 6) is -0.0888. The Morgan fingerprint density at radius 3 is 2.53 bits per heavy atom. The summed E-state index contributed by atoms with van der Waals surface area (Å²) in [6, 6.07) is 3.25.